The molecule has 4 aromatic heterocycles. The molecule has 0 amide bonds. The van der Waals surface area contributed by atoms with E-state index in [-0.39, 0.29) is 11.1 Å². The van der Waals surface area contributed by atoms with E-state index in [1.165, 1.54) is 22.7 Å². The van der Waals surface area contributed by atoms with Crippen LogP contribution in [0.1, 0.15) is 29.1 Å². The zero-order valence-corrected chi connectivity index (χ0v) is 19.6. The van der Waals surface area contributed by atoms with Gasteiger partial charge in [0.1, 0.15) is 0 Å². The molecule has 0 atom stereocenters. The van der Waals surface area contributed by atoms with Crippen molar-refractivity contribution in [2.45, 2.75) is 36.6 Å². The van der Waals surface area contributed by atoms with Gasteiger partial charge in [-0.3, -0.25) is 19.1 Å². The third kappa shape index (κ3) is 3.68. The SMILES string of the molecule is O=c1cc2nc(-c3ccccc3Cl)nc(SCc3cc(=O)n4c5c(sc4n3)CCCC5)n2[nH]1. The highest BCUT2D eigenvalue weighted by Crippen LogP contribution is 2.30. The Morgan fingerprint density at radius 2 is 1.94 bits per heavy atom. The number of benzene rings is 1. The van der Waals surface area contributed by atoms with Crippen LogP contribution >= 0.6 is 34.7 Å². The number of hydrogen-bond acceptors (Lipinski definition) is 7. The first-order valence-electron chi connectivity index (χ1n) is 10.5. The molecule has 0 bridgehead atoms. The standard InChI is InChI=1S/C22H17ClN6O2S2/c23-14-6-2-1-5-13(14)20-25-17-10-18(30)27-29(17)22(26-20)32-11-12-9-19(31)28-15-7-3-4-8-16(15)33-21(28)24-12/h1-2,5-6,9-10H,3-4,7-8,11H2,(H,27,30). The van der Waals surface area contributed by atoms with Gasteiger partial charge in [-0.2, -0.15) is 0 Å². The van der Waals surface area contributed by atoms with Gasteiger partial charge in [-0.1, -0.05) is 35.5 Å². The second-order valence-corrected chi connectivity index (χ2v) is 10.2. The summed E-state index contributed by atoms with van der Waals surface area (Å²) in [6.07, 6.45) is 4.20. The predicted molar refractivity (Wildman–Crippen MR) is 130 cm³/mol. The quantitative estimate of drug-likeness (QED) is 0.378. The van der Waals surface area contributed by atoms with Crippen molar-refractivity contribution in [1.82, 2.24) is 29.0 Å². The maximum absolute atomic E-state index is 12.9. The Balaban J connectivity index is 1.39. The highest BCUT2D eigenvalue weighted by molar-refractivity contribution is 7.98. The lowest BCUT2D eigenvalue weighted by Gasteiger charge is -2.10. The van der Waals surface area contributed by atoms with E-state index in [0.717, 1.165) is 36.3 Å². The highest BCUT2D eigenvalue weighted by atomic mass is 35.5. The first-order valence-corrected chi connectivity index (χ1v) is 12.7. The minimum Gasteiger partial charge on any atom is -0.269 e. The monoisotopic (exact) mass is 496 g/mol. The number of H-pyrrole nitrogens is 1. The Morgan fingerprint density at radius 3 is 2.82 bits per heavy atom. The van der Waals surface area contributed by atoms with E-state index in [0.29, 0.717) is 38.7 Å². The van der Waals surface area contributed by atoms with Gasteiger partial charge in [-0.05, 0) is 37.8 Å². The van der Waals surface area contributed by atoms with Gasteiger partial charge >= 0.3 is 0 Å². The number of fused-ring (bicyclic) bond motifs is 4. The van der Waals surface area contributed by atoms with Crippen LogP contribution in [0.25, 0.3) is 22.0 Å². The van der Waals surface area contributed by atoms with Gasteiger partial charge in [0.05, 0.1) is 10.7 Å². The van der Waals surface area contributed by atoms with Crippen molar-refractivity contribution in [3.63, 3.8) is 0 Å². The number of aryl methyl sites for hydroxylation is 2. The van der Waals surface area contributed by atoms with Crippen LogP contribution in [0.5, 0.6) is 0 Å². The van der Waals surface area contributed by atoms with Crippen molar-refractivity contribution in [1.29, 1.82) is 0 Å². The average molecular weight is 497 g/mol. The average Bonchev–Trinajstić information content (AvgIpc) is 3.37. The summed E-state index contributed by atoms with van der Waals surface area (Å²) >= 11 is 9.33. The maximum atomic E-state index is 12.9. The molecule has 0 unspecified atom stereocenters. The number of thiazole rings is 1. The third-order valence-electron chi connectivity index (χ3n) is 5.60. The molecule has 0 radical (unpaired) electrons. The molecule has 4 heterocycles. The van der Waals surface area contributed by atoms with E-state index < -0.39 is 0 Å². The molecule has 6 rings (SSSR count). The predicted octanol–water partition coefficient (Wildman–Crippen LogP) is 3.98. The van der Waals surface area contributed by atoms with Crippen molar-refractivity contribution < 1.29 is 0 Å². The molecule has 0 fully saturated rings. The van der Waals surface area contributed by atoms with Gasteiger partial charge in [-0.15, -0.1) is 11.3 Å². The van der Waals surface area contributed by atoms with Crippen LogP contribution in [0.2, 0.25) is 5.02 Å². The lowest BCUT2D eigenvalue weighted by molar-refractivity contribution is 0.670. The summed E-state index contributed by atoms with van der Waals surface area (Å²) in [6.45, 7) is 0. The molecule has 0 spiro atoms. The number of nitrogens with zero attached hydrogens (tertiary/aromatic N) is 5. The van der Waals surface area contributed by atoms with Gasteiger partial charge in [0.25, 0.3) is 11.1 Å². The zero-order chi connectivity index (χ0) is 22.5. The number of aromatic nitrogens is 6. The van der Waals surface area contributed by atoms with Crippen molar-refractivity contribution in [3.05, 3.63) is 78.4 Å². The molecular formula is C22H17ClN6O2S2. The molecule has 1 aromatic carbocycles. The molecule has 0 saturated carbocycles. The van der Waals surface area contributed by atoms with Crippen LogP contribution in [-0.4, -0.2) is 29.0 Å². The summed E-state index contributed by atoms with van der Waals surface area (Å²) < 4.78 is 3.30. The lowest BCUT2D eigenvalue weighted by atomic mass is 10.0. The van der Waals surface area contributed by atoms with E-state index in [4.69, 9.17) is 16.6 Å². The van der Waals surface area contributed by atoms with Gasteiger partial charge < -0.3 is 0 Å². The smallest absolute Gasteiger partial charge is 0.266 e. The van der Waals surface area contributed by atoms with Crippen molar-refractivity contribution in [3.8, 4) is 11.4 Å². The molecule has 1 N–H and O–H groups in total. The first-order chi connectivity index (χ1) is 16.1. The fourth-order valence-electron chi connectivity index (χ4n) is 4.10. The summed E-state index contributed by atoms with van der Waals surface area (Å²) in [6, 6.07) is 10.3. The minimum atomic E-state index is -0.274. The van der Waals surface area contributed by atoms with Crippen LogP contribution in [0.3, 0.4) is 0 Å². The Morgan fingerprint density at radius 1 is 1.09 bits per heavy atom. The number of rotatable bonds is 4. The fourth-order valence-corrected chi connectivity index (χ4v) is 6.39. The van der Waals surface area contributed by atoms with Gasteiger partial charge in [0.15, 0.2) is 21.6 Å². The van der Waals surface area contributed by atoms with Crippen LogP contribution in [0.4, 0.5) is 0 Å². The second kappa shape index (κ2) is 8.12. The molecule has 0 saturated heterocycles. The van der Waals surface area contributed by atoms with Crippen LogP contribution in [-0.2, 0) is 18.6 Å². The summed E-state index contributed by atoms with van der Waals surface area (Å²) in [5.74, 6) is 0.847. The fraction of sp³-hybridized carbons (Fsp3) is 0.227. The molecule has 5 aromatic rings. The second-order valence-electron chi connectivity index (χ2n) is 7.80. The van der Waals surface area contributed by atoms with Gasteiger partial charge in [0.2, 0.25) is 0 Å². The van der Waals surface area contributed by atoms with Gasteiger partial charge in [-0.25, -0.2) is 19.5 Å². The summed E-state index contributed by atoms with van der Waals surface area (Å²) in [5, 5.41) is 3.79. The maximum Gasteiger partial charge on any atom is 0.266 e. The zero-order valence-electron chi connectivity index (χ0n) is 17.2. The Hall–Kier alpha value is -2.95. The molecule has 8 nitrogen and oxygen atoms in total. The molecule has 0 aliphatic heterocycles. The molecule has 166 valence electrons. The summed E-state index contributed by atoms with van der Waals surface area (Å²) in [7, 11) is 0. The topological polar surface area (TPSA) is 97.4 Å². The molecule has 11 heteroatoms. The normalized spacial score (nSPS) is 13.6. The Labute approximate surface area is 200 Å². The van der Waals surface area contributed by atoms with Gasteiger partial charge in [0, 0.05) is 34.0 Å². The van der Waals surface area contributed by atoms with E-state index in [1.807, 2.05) is 18.2 Å². The highest BCUT2D eigenvalue weighted by Gasteiger charge is 2.19. The minimum absolute atomic E-state index is 0.0473. The lowest BCUT2D eigenvalue weighted by Crippen LogP contribution is -2.17. The first kappa shape index (κ1) is 20.6. The number of nitrogens with one attached hydrogen (secondary N) is 1. The number of thioether (sulfide) groups is 1. The Bertz CT molecular complexity index is 1650. The van der Waals surface area contributed by atoms with Crippen molar-refractivity contribution >= 4 is 45.3 Å². The molecular weight excluding hydrogens is 480 g/mol. The molecule has 33 heavy (non-hydrogen) atoms. The number of halogens is 1. The van der Waals surface area contributed by atoms with Crippen molar-refractivity contribution in [2.24, 2.45) is 0 Å². The Kier molecular flexibility index (Phi) is 5.08. The van der Waals surface area contributed by atoms with E-state index >= 15 is 0 Å². The molecule has 1 aliphatic rings. The van der Waals surface area contributed by atoms with E-state index in [9.17, 15) is 9.59 Å². The number of aromatic amines is 1. The number of hydrogen-bond donors (Lipinski definition) is 1. The van der Waals surface area contributed by atoms with Crippen molar-refractivity contribution in [2.75, 3.05) is 0 Å². The van der Waals surface area contributed by atoms with E-state index in [1.54, 1.807) is 32.4 Å². The summed E-state index contributed by atoms with van der Waals surface area (Å²) in [4.78, 5) is 40.7. The van der Waals surface area contributed by atoms with Crippen LogP contribution < -0.4 is 11.1 Å². The van der Waals surface area contributed by atoms with E-state index in [2.05, 4.69) is 15.1 Å². The van der Waals surface area contributed by atoms with Crippen LogP contribution in [0, 0.1) is 0 Å². The molecule has 1 aliphatic carbocycles. The largest absolute Gasteiger partial charge is 0.269 e. The summed E-state index contributed by atoms with van der Waals surface area (Å²) in [5.41, 5.74) is 2.59. The van der Waals surface area contributed by atoms with Crippen LogP contribution in [0.15, 0.2) is 51.1 Å². The third-order valence-corrected chi connectivity index (χ3v) is 8.05.